The Hall–Kier alpha value is -1.85. The van der Waals surface area contributed by atoms with Gasteiger partial charge in [0.1, 0.15) is 0 Å². The highest BCUT2D eigenvalue weighted by atomic mass is 16.4. The molecule has 0 aromatic carbocycles. The maximum Gasteiger partial charge on any atom is 0.307 e. The van der Waals surface area contributed by atoms with Gasteiger partial charge in [-0.15, -0.1) is 0 Å². The molecule has 1 fully saturated rings. The first kappa shape index (κ1) is 13.6. The van der Waals surface area contributed by atoms with E-state index in [-0.39, 0.29) is 11.8 Å². The van der Waals surface area contributed by atoms with E-state index in [4.69, 9.17) is 5.11 Å². The van der Waals surface area contributed by atoms with Crippen LogP contribution in [-0.4, -0.2) is 33.3 Å². The number of rotatable bonds is 5. The standard InChI is InChI=1S/C13H19N3O3/c1-16-8-9(7-15-16)5-6-14-12(17)10-3-2-4-11(10)13(18)19/h7-8,10-11H,2-6H2,1H3,(H,14,17)(H,18,19)/t10-,11+/m1/s1. The number of hydrogen-bond donors (Lipinski definition) is 2. The zero-order chi connectivity index (χ0) is 13.8. The normalized spacial score (nSPS) is 22.4. The molecule has 6 nitrogen and oxygen atoms in total. The van der Waals surface area contributed by atoms with Crippen LogP contribution in [0.2, 0.25) is 0 Å². The largest absolute Gasteiger partial charge is 0.481 e. The van der Waals surface area contributed by atoms with Gasteiger partial charge in [-0.3, -0.25) is 14.3 Å². The maximum absolute atomic E-state index is 12.0. The lowest BCUT2D eigenvalue weighted by molar-refractivity contribution is -0.146. The molecule has 1 amide bonds. The number of carbonyl (C=O) groups excluding carboxylic acids is 1. The summed E-state index contributed by atoms with van der Waals surface area (Å²) < 4.78 is 1.72. The molecule has 2 atom stereocenters. The molecule has 0 spiro atoms. The molecule has 1 saturated carbocycles. The molecule has 1 aromatic heterocycles. The van der Waals surface area contributed by atoms with Crippen LogP contribution in [0.5, 0.6) is 0 Å². The number of aromatic nitrogens is 2. The summed E-state index contributed by atoms with van der Waals surface area (Å²) in [5.74, 6) is -1.87. The van der Waals surface area contributed by atoms with Gasteiger partial charge in [-0.05, 0) is 24.8 Å². The summed E-state index contributed by atoms with van der Waals surface area (Å²) in [5, 5.41) is 15.9. The molecule has 1 aliphatic carbocycles. The molecule has 2 N–H and O–H groups in total. The van der Waals surface area contributed by atoms with Crippen molar-refractivity contribution in [3.8, 4) is 0 Å². The van der Waals surface area contributed by atoms with Crippen LogP contribution in [0.25, 0.3) is 0 Å². The van der Waals surface area contributed by atoms with Crippen molar-refractivity contribution in [1.82, 2.24) is 15.1 Å². The van der Waals surface area contributed by atoms with Crippen LogP contribution in [0.15, 0.2) is 12.4 Å². The molecule has 1 aliphatic rings. The highest BCUT2D eigenvalue weighted by molar-refractivity contribution is 5.85. The van der Waals surface area contributed by atoms with Crippen LogP contribution in [0.4, 0.5) is 0 Å². The lowest BCUT2D eigenvalue weighted by atomic mass is 9.95. The van der Waals surface area contributed by atoms with Gasteiger partial charge in [0.25, 0.3) is 0 Å². The highest BCUT2D eigenvalue weighted by Crippen LogP contribution is 2.31. The first-order valence-corrected chi connectivity index (χ1v) is 6.56. The Morgan fingerprint density at radius 3 is 2.84 bits per heavy atom. The number of carbonyl (C=O) groups is 2. The van der Waals surface area contributed by atoms with Crippen LogP contribution in [0.3, 0.4) is 0 Å². The van der Waals surface area contributed by atoms with Crippen molar-refractivity contribution >= 4 is 11.9 Å². The van der Waals surface area contributed by atoms with Crippen molar-refractivity contribution in [1.29, 1.82) is 0 Å². The van der Waals surface area contributed by atoms with E-state index < -0.39 is 11.9 Å². The first-order valence-electron chi connectivity index (χ1n) is 6.56. The number of nitrogens with one attached hydrogen (secondary N) is 1. The molecule has 0 bridgehead atoms. The van der Waals surface area contributed by atoms with Gasteiger partial charge >= 0.3 is 5.97 Å². The molecule has 0 unspecified atom stereocenters. The van der Waals surface area contributed by atoms with Crippen LogP contribution in [0, 0.1) is 11.8 Å². The molecule has 0 saturated heterocycles. The van der Waals surface area contributed by atoms with Crippen LogP contribution in [-0.2, 0) is 23.1 Å². The number of carboxylic acid groups (broad SMARTS) is 1. The molecular formula is C13H19N3O3. The summed E-state index contributed by atoms with van der Waals surface area (Å²) in [6, 6.07) is 0. The molecule has 0 radical (unpaired) electrons. The molecule has 2 rings (SSSR count). The number of nitrogens with zero attached hydrogens (tertiary/aromatic N) is 2. The minimum absolute atomic E-state index is 0.131. The number of aliphatic carboxylic acids is 1. The smallest absolute Gasteiger partial charge is 0.307 e. The van der Waals surface area contributed by atoms with Crippen LogP contribution in [0.1, 0.15) is 24.8 Å². The summed E-state index contributed by atoms with van der Waals surface area (Å²) in [5.41, 5.74) is 1.06. The van der Waals surface area contributed by atoms with Gasteiger partial charge in [0.05, 0.1) is 18.0 Å². The number of carboxylic acids is 1. The summed E-state index contributed by atoms with van der Waals surface area (Å²) in [7, 11) is 1.85. The van der Waals surface area contributed by atoms with Gasteiger partial charge in [-0.1, -0.05) is 6.42 Å². The van der Waals surface area contributed by atoms with Gasteiger partial charge in [0.2, 0.25) is 5.91 Å². The van der Waals surface area contributed by atoms with Crippen molar-refractivity contribution < 1.29 is 14.7 Å². The van der Waals surface area contributed by atoms with E-state index in [0.29, 0.717) is 25.8 Å². The van der Waals surface area contributed by atoms with Gasteiger partial charge in [0, 0.05) is 19.8 Å². The quantitative estimate of drug-likeness (QED) is 0.815. The fourth-order valence-electron chi connectivity index (χ4n) is 2.63. The minimum Gasteiger partial charge on any atom is -0.481 e. The van der Waals surface area contributed by atoms with E-state index in [9.17, 15) is 9.59 Å². The predicted octanol–water partition coefficient (Wildman–Crippen LogP) is 0.580. The molecule has 19 heavy (non-hydrogen) atoms. The Balaban J connectivity index is 1.79. The lowest BCUT2D eigenvalue weighted by Gasteiger charge is -2.15. The Kier molecular flexibility index (Phi) is 4.19. The average Bonchev–Trinajstić information content (AvgIpc) is 2.97. The Bertz CT molecular complexity index is 469. The number of hydrogen-bond acceptors (Lipinski definition) is 3. The van der Waals surface area contributed by atoms with E-state index in [0.717, 1.165) is 12.0 Å². The summed E-state index contributed by atoms with van der Waals surface area (Å²) in [6.07, 6.45) is 6.48. The minimum atomic E-state index is -0.857. The molecular weight excluding hydrogens is 246 g/mol. The molecule has 1 aromatic rings. The predicted molar refractivity (Wildman–Crippen MR) is 68.4 cm³/mol. The topological polar surface area (TPSA) is 84.2 Å². The lowest BCUT2D eigenvalue weighted by Crippen LogP contribution is -2.36. The molecule has 6 heteroatoms. The van der Waals surface area contributed by atoms with Crippen molar-refractivity contribution in [3.05, 3.63) is 18.0 Å². The van der Waals surface area contributed by atoms with E-state index in [1.54, 1.807) is 10.9 Å². The second kappa shape index (κ2) is 5.86. The summed E-state index contributed by atoms with van der Waals surface area (Å²) in [6.45, 7) is 0.521. The second-order valence-electron chi connectivity index (χ2n) is 5.05. The van der Waals surface area contributed by atoms with Gasteiger partial charge < -0.3 is 10.4 Å². The maximum atomic E-state index is 12.0. The van der Waals surface area contributed by atoms with Crippen molar-refractivity contribution in [3.63, 3.8) is 0 Å². The summed E-state index contributed by atoms with van der Waals surface area (Å²) >= 11 is 0. The molecule has 1 heterocycles. The van der Waals surface area contributed by atoms with Crippen LogP contribution < -0.4 is 5.32 Å². The van der Waals surface area contributed by atoms with Gasteiger partial charge in [-0.2, -0.15) is 5.10 Å². The second-order valence-corrected chi connectivity index (χ2v) is 5.05. The summed E-state index contributed by atoms with van der Waals surface area (Å²) in [4.78, 5) is 23.0. The van der Waals surface area contributed by atoms with E-state index >= 15 is 0 Å². The third kappa shape index (κ3) is 3.33. The third-order valence-electron chi connectivity index (χ3n) is 3.64. The fraction of sp³-hybridized carbons (Fsp3) is 0.615. The highest BCUT2D eigenvalue weighted by Gasteiger charge is 2.37. The Morgan fingerprint density at radius 2 is 2.21 bits per heavy atom. The van der Waals surface area contributed by atoms with Gasteiger partial charge in [-0.25, -0.2) is 0 Å². The molecule has 0 aliphatic heterocycles. The van der Waals surface area contributed by atoms with Gasteiger partial charge in [0.15, 0.2) is 0 Å². The van der Waals surface area contributed by atoms with Crippen molar-refractivity contribution in [2.75, 3.05) is 6.54 Å². The zero-order valence-corrected chi connectivity index (χ0v) is 11.0. The first-order chi connectivity index (χ1) is 9.08. The van der Waals surface area contributed by atoms with E-state index in [1.807, 2.05) is 13.2 Å². The zero-order valence-electron chi connectivity index (χ0n) is 11.0. The van der Waals surface area contributed by atoms with E-state index in [2.05, 4.69) is 10.4 Å². The fourth-order valence-corrected chi connectivity index (χ4v) is 2.63. The van der Waals surface area contributed by atoms with Crippen molar-refractivity contribution in [2.45, 2.75) is 25.7 Å². The van der Waals surface area contributed by atoms with Crippen LogP contribution >= 0.6 is 0 Å². The molecule has 104 valence electrons. The third-order valence-corrected chi connectivity index (χ3v) is 3.64. The van der Waals surface area contributed by atoms with E-state index in [1.165, 1.54) is 0 Å². The number of aryl methyl sites for hydroxylation is 1. The monoisotopic (exact) mass is 265 g/mol. The Morgan fingerprint density at radius 1 is 1.47 bits per heavy atom. The Labute approximate surface area is 111 Å². The number of amides is 1. The average molecular weight is 265 g/mol. The SMILES string of the molecule is Cn1cc(CCNC(=O)[C@@H]2CCC[C@@H]2C(=O)O)cn1. The van der Waals surface area contributed by atoms with Crippen molar-refractivity contribution in [2.24, 2.45) is 18.9 Å².